The van der Waals surface area contributed by atoms with Crippen molar-refractivity contribution in [2.24, 2.45) is 0 Å². The van der Waals surface area contributed by atoms with Crippen LogP contribution < -0.4 is 0 Å². The first kappa shape index (κ1) is 18.1. The lowest BCUT2D eigenvalue weighted by molar-refractivity contribution is 0.0468. The SMILES string of the molecule is CCC(CO)N1CCN(C(=O)c2nc(C(C)C)ncc2Cl)CC1. The second-order valence-electron chi connectivity index (χ2n) is 6.15. The van der Waals surface area contributed by atoms with Gasteiger partial charge >= 0.3 is 0 Å². The molecular weight excluding hydrogens is 316 g/mol. The number of rotatable bonds is 5. The van der Waals surface area contributed by atoms with Crippen molar-refractivity contribution in [3.8, 4) is 0 Å². The molecule has 7 heteroatoms. The highest BCUT2D eigenvalue weighted by Gasteiger charge is 2.27. The average Bonchev–Trinajstić information content (AvgIpc) is 2.56. The molecule has 1 N–H and O–H groups in total. The third-order valence-electron chi connectivity index (χ3n) is 4.28. The summed E-state index contributed by atoms with van der Waals surface area (Å²) in [6, 6.07) is 0.169. The lowest BCUT2D eigenvalue weighted by atomic mass is 10.1. The standard InChI is InChI=1S/C16H25ClN4O2/c1-4-12(10-22)20-5-7-21(8-6-20)16(23)14-13(17)9-18-15(19-14)11(2)3/h9,11-12,22H,4-8,10H2,1-3H3. The van der Waals surface area contributed by atoms with Gasteiger partial charge in [-0.05, 0) is 6.42 Å². The van der Waals surface area contributed by atoms with Gasteiger partial charge in [-0.15, -0.1) is 0 Å². The topological polar surface area (TPSA) is 69.6 Å². The van der Waals surface area contributed by atoms with Crippen LogP contribution in [0.15, 0.2) is 6.20 Å². The summed E-state index contributed by atoms with van der Waals surface area (Å²) in [6.45, 7) is 8.92. The van der Waals surface area contributed by atoms with Gasteiger partial charge in [0.1, 0.15) is 5.82 Å². The highest BCUT2D eigenvalue weighted by Crippen LogP contribution is 2.19. The number of nitrogens with zero attached hydrogens (tertiary/aromatic N) is 4. The summed E-state index contributed by atoms with van der Waals surface area (Å²) in [5.74, 6) is 0.629. The van der Waals surface area contributed by atoms with E-state index in [2.05, 4.69) is 21.8 Å². The summed E-state index contributed by atoms with van der Waals surface area (Å²) >= 11 is 6.12. The number of carbonyl (C=O) groups excluding carboxylic acids is 1. The maximum Gasteiger partial charge on any atom is 0.274 e. The summed E-state index contributed by atoms with van der Waals surface area (Å²) in [5.41, 5.74) is 0.285. The number of aliphatic hydroxyl groups is 1. The zero-order valence-electron chi connectivity index (χ0n) is 14.0. The summed E-state index contributed by atoms with van der Waals surface area (Å²) in [4.78, 5) is 25.2. The third kappa shape index (κ3) is 4.19. The zero-order valence-corrected chi connectivity index (χ0v) is 14.8. The highest BCUT2D eigenvalue weighted by atomic mass is 35.5. The Morgan fingerprint density at radius 3 is 2.52 bits per heavy atom. The third-order valence-corrected chi connectivity index (χ3v) is 4.56. The molecule has 0 aliphatic carbocycles. The van der Waals surface area contributed by atoms with Crippen molar-refractivity contribution in [1.29, 1.82) is 0 Å². The summed E-state index contributed by atoms with van der Waals surface area (Å²) in [6.07, 6.45) is 2.41. The molecule has 0 aromatic carbocycles. The fraction of sp³-hybridized carbons (Fsp3) is 0.688. The zero-order chi connectivity index (χ0) is 17.0. The second-order valence-corrected chi connectivity index (χ2v) is 6.56. The van der Waals surface area contributed by atoms with Crippen molar-refractivity contribution in [3.05, 3.63) is 22.7 Å². The molecule has 1 aliphatic heterocycles. The van der Waals surface area contributed by atoms with Gasteiger partial charge in [0.05, 0.1) is 17.8 Å². The molecule has 0 bridgehead atoms. The van der Waals surface area contributed by atoms with Crippen LogP contribution in [-0.4, -0.2) is 69.6 Å². The molecule has 0 radical (unpaired) electrons. The fourth-order valence-corrected chi connectivity index (χ4v) is 2.92. The van der Waals surface area contributed by atoms with Crippen molar-refractivity contribution in [2.45, 2.75) is 39.2 Å². The molecule has 1 aromatic heterocycles. The van der Waals surface area contributed by atoms with E-state index in [-0.39, 0.29) is 30.2 Å². The Labute approximate surface area is 142 Å². The van der Waals surface area contributed by atoms with Crippen molar-refractivity contribution >= 4 is 17.5 Å². The number of amides is 1. The maximum atomic E-state index is 12.7. The van der Waals surface area contributed by atoms with Gasteiger partial charge in [0.15, 0.2) is 5.69 Å². The minimum absolute atomic E-state index is 0.143. The van der Waals surface area contributed by atoms with Crippen molar-refractivity contribution < 1.29 is 9.90 Å². The Morgan fingerprint density at radius 1 is 1.35 bits per heavy atom. The second kappa shape index (κ2) is 8.04. The summed E-state index contributed by atoms with van der Waals surface area (Å²) < 4.78 is 0. The van der Waals surface area contributed by atoms with E-state index in [1.54, 1.807) is 4.90 Å². The van der Waals surface area contributed by atoms with Gasteiger partial charge in [-0.25, -0.2) is 9.97 Å². The van der Waals surface area contributed by atoms with E-state index in [1.165, 1.54) is 6.20 Å². The van der Waals surface area contributed by atoms with Crippen LogP contribution in [-0.2, 0) is 0 Å². The number of carbonyl (C=O) groups is 1. The van der Waals surface area contributed by atoms with Gasteiger partial charge in [0.25, 0.3) is 5.91 Å². The number of hydrogen-bond donors (Lipinski definition) is 1. The van der Waals surface area contributed by atoms with E-state index >= 15 is 0 Å². The Hall–Kier alpha value is -1.24. The molecule has 1 aromatic rings. The first-order valence-electron chi connectivity index (χ1n) is 8.14. The van der Waals surface area contributed by atoms with E-state index in [1.807, 2.05) is 13.8 Å². The van der Waals surface area contributed by atoms with Crippen LogP contribution in [0.2, 0.25) is 5.02 Å². The van der Waals surface area contributed by atoms with Crippen molar-refractivity contribution in [3.63, 3.8) is 0 Å². The predicted molar refractivity (Wildman–Crippen MR) is 89.8 cm³/mol. The lowest BCUT2D eigenvalue weighted by Gasteiger charge is -2.38. The first-order valence-corrected chi connectivity index (χ1v) is 8.52. The molecule has 1 amide bonds. The van der Waals surface area contributed by atoms with Crippen LogP contribution in [0.1, 0.15) is 49.4 Å². The van der Waals surface area contributed by atoms with E-state index in [0.29, 0.717) is 23.9 Å². The van der Waals surface area contributed by atoms with Crippen molar-refractivity contribution in [2.75, 3.05) is 32.8 Å². The van der Waals surface area contributed by atoms with Gasteiger partial charge in [-0.2, -0.15) is 0 Å². The van der Waals surface area contributed by atoms with Gasteiger partial charge in [-0.1, -0.05) is 32.4 Å². The minimum Gasteiger partial charge on any atom is -0.395 e. The average molecular weight is 341 g/mol. The smallest absolute Gasteiger partial charge is 0.274 e. The number of piperazine rings is 1. The van der Waals surface area contributed by atoms with E-state index in [0.717, 1.165) is 19.5 Å². The van der Waals surface area contributed by atoms with Gasteiger partial charge < -0.3 is 10.0 Å². The highest BCUT2D eigenvalue weighted by molar-refractivity contribution is 6.33. The maximum absolute atomic E-state index is 12.7. The fourth-order valence-electron chi connectivity index (χ4n) is 2.75. The van der Waals surface area contributed by atoms with Crippen LogP contribution in [0.5, 0.6) is 0 Å². The monoisotopic (exact) mass is 340 g/mol. The predicted octanol–water partition coefficient (Wildman–Crippen LogP) is 1.78. The van der Waals surface area contributed by atoms with Crippen LogP contribution >= 0.6 is 11.6 Å². The Balaban J connectivity index is 2.07. The number of halogens is 1. The van der Waals surface area contributed by atoms with E-state index in [9.17, 15) is 9.90 Å². The first-order chi connectivity index (χ1) is 11.0. The minimum atomic E-state index is -0.143. The molecule has 6 nitrogen and oxygen atoms in total. The molecule has 0 spiro atoms. The van der Waals surface area contributed by atoms with Gasteiger partial charge in [-0.3, -0.25) is 9.69 Å². The molecule has 1 unspecified atom stereocenters. The van der Waals surface area contributed by atoms with Crippen LogP contribution in [0.25, 0.3) is 0 Å². The summed E-state index contributed by atoms with van der Waals surface area (Å²) in [5, 5.41) is 9.69. The molecule has 1 saturated heterocycles. The summed E-state index contributed by atoms with van der Waals surface area (Å²) in [7, 11) is 0. The largest absolute Gasteiger partial charge is 0.395 e. The Morgan fingerprint density at radius 2 is 2.00 bits per heavy atom. The normalized spacial score (nSPS) is 17.6. The van der Waals surface area contributed by atoms with Crippen LogP contribution in [0.4, 0.5) is 0 Å². The molecular formula is C16H25ClN4O2. The molecule has 1 aliphatic rings. The molecule has 128 valence electrons. The molecule has 1 atom stereocenters. The van der Waals surface area contributed by atoms with Crippen LogP contribution in [0, 0.1) is 0 Å². The Kier molecular flexibility index (Phi) is 6.33. The molecule has 1 fully saturated rings. The molecule has 2 rings (SSSR count). The number of aromatic nitrogens is 2. The number of aliphatic hydroxyl groups excluding tert-OH is 1. The Bertz CT molecular complexity index is 541. The van der Waals surface area contributed by atoms with E-state index in [4.69, 9.17) is 11.6 Å². The lowest BCUT2D eigenvalue weighted by Crippen LogP contribution is -2.52. The van der Waals surface area contributed by atoms with Crippen LogP contribution in [0.3, 0.4) is 0 Å². The molecule has 2 heterocycles. The number of hydrogen-bond acceptors (Lipinski definition) is 5. The van der Waals surface area contributed by atoms with Gasteiger partial charge in [0, 0.05) is 38.1 Å². The van der Waals surface area contributed by atoms with E-state index < -0.39 is 0 Å². The quantitative estimate of drug-likeness (QED) is 0.884. The van der Waals surface area contributed by atoms with Crippen molar-refractivity contribution in [1.82, 2.24) is 19.8 Å². The molecule has 0 saturated carbocycles. The molecule has 23 heavy (non-hydrogen) atoms. The van der Waals surface area contributed by atoms with Gasteiger partial charge in [0.2, 0.25) is 0 Å².